The molecule has 1 rings (SSSR count). The molecule has 144 valence electrons. The number of carboxylic acids is 1. The van der Waals surface area contributed by atoms with Crippen molar-refractivity contribution in [3.8, 4) is 0 Å². The topological polar surface area (TPSA) is 122 Å². The Morgan fingerprint density at radius 3 is 2.38 bits per heavy atom. The highest BCUT2D eigenvalue weighted by Crippen LogP contribution is 2.34. The largest absolute Gasteiger partial charge is 0.481 e. The van der Waals surface area contributed by atoms with Crippen molar-refractivity contribution in [3.05, 3.63) is 33.9 Å². The summed E-state index contributed by atoms with van der Waals surface area (Å²) in [5.74, 6) is -1.59. The van der Waals surface area contributed by atoms with Gasteiger partial charge in [-0.25, -0.2) is 0 Å². The van der Waals surface area contributed by atoms with E-state index in [4.69, 9.17) is 5.11 Å². The molecule has 0 aliphatic heterocycles. The molecule has 0 aromatic heterocycles. The third-order valence-corrected chi connectivity index (χ3v) is 3.50. The monoisotopic (exact) mass is 377 g/mol. The van der Waals surface area contributed by atoms with Gasteiger partial charge in [0.2, 0.25) is 5.91 Å². The van der Waals surface area contributed by atoms with Crippen molar-refractivity contribution in [3.63, 3.8) is 0 Å². The van der Waals surface area contributed by atoms with Crippen LogP contribution in [0, 0.1) is 15.5 Å². The van der Waals surface area contributed by atoms with Gasteiger partial charge in [-0.15, -0.1) is 0 Å². The van der Waals surface area contributed by atoms with Crippen LogP contribution in [0.15, 0.2) is 18.2 Å². The molecule has 8 nitrogen and oxygen atoms in total. The molecule has 26 heavy (non-hydrogen) atoms. The van der Waals surface area contributed by atoms with E-state index in [0.29, 0.717) is 12.1 Å². The third kappa shape index (κ3) is 5.90. The minimum atomic E-state index is -4.71. The van der Waals surface area contributed by atoms with Crippen LogP contribution in [-0.2, 0) is 15.8 Å². The minimum absolute atomic E-state index is 0.0778. The number of aliphatic carboxylic acids is 1. The number of benzene rings is 1. The van der Waals surface area contributed by atoms with Gasteiger partial charge >= 0.3 is 12.1 Å². The third-order valence-electron chi connectivity index (χ3n) is 3.50. The van der Waals surface area contributed by atoms with Gasteiger partial charge in [0.1, 0.15) is 5.69 Å². The first-order valence-corrected chi connectivity index (χ1v) is 7.44. The van der Waals surface area contributed by atoms with E-state index in [1.807, 2.05) is 0 Å². The van der Waals surface area contributed by atoms with Crippen LogP contribution in [0.3, 0.4) is 0 Å². The average molecular weight is 377 g/mol. The van der Waals surface area contributed by atoms with Crippen LogP contribution in [-0.4, -0.2) is 35.0 Å². The Morgan fingerprint density at radius 2 is 1.88 bits per heavy atom. The highest BCUT2D eigenvalue weighted by molar-refractivity contribution is 5.79. The lowest BCUT2D eigenvalue weighted by Gasteiger charge is -2.19. The number of nitrogens with zero attached hydrogens (tertiary/aromatic N) is 1. The van der Waals surface area contributed by atoms with Gasteiger partial charge in [-0.05, 0) is 26.0 Å². The first-order chi connectivity index (χ1) is 11.8. The molecule has 0 heterocycles. The van der Waals surface area contributed by atoms with Gasteiger partial charge in [0.15, 0.2) is 0 Å². The quantitative estimate of drug-likeness (QED) is 0.473. The number of nitro benzene ring substituents is 1. The maximum absolute atomic E-state index is 12.6. The average Bonchev–Trinajstić information content (AvgIpc) is 2.52. The zero-order valence-corrected chi connectivity index (χ0v) is 14.0. The van der Waals surface area contributed by atoms with Crippen LogP contribution in [0.2, 0.25) is 0 Å². The highest BCUT2D eigenvalue weighted by Gasteiger charge is 2.33. The van der Waals surface area contributed by atoms with Gasteiger partial charge in [-0.2, -0.15) is 13.2 Å². The van der Waals surface area contributed by atoms with Crippen LogP contribution in [0.1, 0.15) is 25.8 Å². The number of nitro groups is 1. The summed E-state index contributed by atoms with van der Waals surface area (Å²) in [6.07, 6.45) is -4.85. The lowest BCUT2D eigenvalue weighted by atomic mass is 9.94. The number of nitrogens with one attached hydrogen (secondary N) is 2. The van der Waals surface area contributed by atoms with Crippen molar-refractivity contribution in [2.24, 2.45) is 5.41 Å². The zero-order chi connectivity index (χ0) is 20.1. The van der Waals surface area contributed by atoms with E-state index in [2.05, 4.69) is 10.6 Å². The number of halogens is 3. The summed E-state index contributed by atoms with van der Waals surface area (Å²) in [7, 11) is 0. The van der Waals surface area contributed by atoms with E-state index in [1.165, 1.54) is 13.8 Å². The van der Waals surface area contributed by atoms with Crippen LogP contribution in [0.5, 0.6) is 0 Å². The van der Waals surface area contributed by atoms with Gasteiger partial charge in [-0.3, -0.25) is 19.7 Å². The van der Waals surface area contributed by atoms with Crippen molar-refractivity contribution in [1.82, 2.24) is 5.32 Å². The first kappa shape index (κ1) is 21.2. The number of carboxylic acid groups (broad SMARTS) is 1. The molecule has 0 radical (unpaired) electrons. The molecule has 1 aromatic rings. The van der Waals surface area contributed by atoms with Crippen LogP contribution < -0.4 is 10.6 Å². The summed E-state index contributed by atoms with van der Waals surface area (Å²) in [6, 6.07) is 2.04. The molecule has 0 atom stereocenters. The number of rotatable bonds is 8. The molecule has 3 N–H and O–H groups in total. The summed E-state index contributed by atoms with van der Waals surface area (Å²) in [5, 5.41) is 24.8. The Balaban J connectivity index is 2.66. The molecule has 0 aliphatic rings. The Kier molecular flexibility index (Phi) is 6.54. The predicted molar refractivity (Wildman–Crippen MR) is 85.6 cm³/mol. The first-order valence-electron chi connectivity index (χ1n) is 7.44. The molecule has 0 saturated carbocycles. The van der Waals surface area contributed by atoms with Crippen LogP contribution >= 0.6 is 0 Å². The molecule has 0 spiro atoms. The van der Waals surface area contributed by atoms with Crippen molar-refractivity contribution in [2.75, 3.05) is 18.4 Å². The van der Waals surface area contributed by atoms with E-state index in [0.717, 1.165) is 6.07 Å². The Morgan fingerprint density at radius 1 is 1.27 bits per heavy atom. The molecule has 0 unspecified atom stereocenters. The molecule has 0 fully saturated rings. The van der Waals surface area contributed by atoms with Crippen LogP contribution in [0.25, 0.3) is 0 Å². The second kappa shape index (κ2) is 8.02. The van der Waals surface area contributed by atoms with E-state index in [9.17, 15) is 32.9 Å². The van der Waals surface area contributed by atoms with Gasteiger partial charge in [0, 0.05) is 25.6 Å². The zero-order valence-electron chi connectivity index (χ0n) is 14.0. The maximum atomic E-state index is 12.6. The van der Waals surface area contributed by atoms with Crippen molar-refractivity contribution >= 4 is 23.3 Å². The van der Waals surface area contributed by atoms with E-state index < -0.39 is 39.6 Å². The minimum Gasteiger partial charge on any atom is -0.481 e. The molecule has 1 amide bonds. The normalized spacial score (nSPS) is 11.7. The standard InChI is InChI=1S/C15H18F3N3O5/c1-14(2,13(23)24)8-20-12(22)5-6-19-10-4-3-9(15(16,17)18)7-11(10)21(25)26/h3-4,7,19H,5-6,8H2,1-2H3,(H,20,22)(H,23,24). The van der Waals surface area contributed by atoms with Crippen molar-refractivity contribution in [1.29, 1.82) is 0 Å². The van der Waals surface area contributed by atoms with E-state index in [-0.39, 0.29) is 25.2 Å². The maximum Gasteiger partial charge on any atom is 0.416 e. The summed E-state index contributed by atoms with van der Waals surface area (Å²) in [5.41, 5.74) is -3.22. The lowest BCUT2D eigenvalue weighted by Crippen LogP contribution is -2.39. The van der Waals surface area contributed by atoms with E-state index >= 15 is 0 Å². The SMILES string of the molecule is CC(C)(CNC(=O)CCNc1ccc(C(F)(F)F)cc1[N+](=O)[O-])C(=O)O. The Labute approximate surface area is 146 Å². The number of hydrogen-bond donors (Lipinski definition) is 3. The molecule has 0 aliphatic carbocycles. The lowest BCUT2D eigenvalue weighted by molar-refractivity contribution is -0.384. The number of carbonyl (C=O) groups excluding carboxylic acids is 1. The Bertz CT molecular complexity index is 704. The fraction of sp³-hybridized carbons (Fsp3) is 0.467. The van der Waals surface area contributed by atoms with Gasteiger partial charge in [0.05, 0.1) is 15.9 Å². The Hall–Kier alpha value is -2.85. The smallest absolute Gasteiger partial charge is 0.416 e. The fourth-order valence-electron chi connectivity index (χ4n) is 1.80. The van der Waals surface area contributed by atoms with E-state index in [1.54, 1.807) is 0 Å². The van der Waals surface area contributed by atoms with Gasteiger partial charge in [0.25, 0.3) is 5.69 Å². The second-order valence-electron chi connectivity index (χ2n) is 6.13. The molecular formula is C15H18F3N3O5. The second-order valence-corrected chi connectivity index (χ2v) is 6.13. The van der Waals surface area contributed by atoms with Crippen molar-refractivity contribution < 1.29 is 32.8 Å². The molecule has 11 heteroatoms. The summed E-state index contributed by atoms with van der Waals surface area (Å²) in [6.45, 7) is 2.67. The number of hydrogen-bond acceptors (Lipinski definition) is 5. The number of anilines is 1. The highest BCUT2D eigenvalue weighted by atomic mass is 19.4. The molecular weight excluding hydrogens is 359 g/mol. The number of alkyl halides is 3. The number of carbonyl (C=O) groups is 2. The number of amides is 1. The molecule has 0 saturated heterocycles. The van der Waals surface area contributed by atoms with Crippen molar-refractivity contribution in [2.45, 2.75) is 26.4 Å². The fourth-order valence-corrected chi connectivity index (χ4v) is 1.80. The van der Waals surface area contributed by atoms with Gasteiger partial charge in [-0.1, -0.05) is 0 Å². The van der Waals surface area contributed by atoms with Gasteiger partial charge < -0.3 is 15.7 Å². The molecule has 0 bridgehead atoms. The summed E-state index contributed by atoms with van der Waals surface area (Å²) >= 11 is 0. The van der Waals surface area contributed by atoms with Crippen LogP contribution in [0.4, 0.5) is 24.5 Å². The summed E-state index contributed by atoms with van der Waals surface area (Å²) < 4.78 is 37.9. The molecule has 1 aromatic carbocycles. The predicted octanol–water partition coefficient (Wildman–Crippen LogP) is 2.64. The summed E-state index contributed by atoms with van der Waals surface area (Å²) in [4.78, 5) is 32.6.